The van der Waals surface area contributed by atoms with Crippen molar-refractivity contribution in [3.63, 3.8) is 0 Å². The quantitative estimate of drug-likeness (QED) is 0.424. The van der Waals surface area contributed by atoms with Gasteiger partial charge in [-0.15, -0.1) is 0 Å². The van der Waals surface area contributed by atoms with E-state index in [4.69, 9.17) is 9.47 Å². The molecule has 2 N–H and O–H groups in total. The van der Waals surface area contributed by atoms with Gasteiger partial charge in [0.2, 0.25) is 0 Å². The lowest BCUT2D eigenvalue weighted by Gasteiger charge is -2.25. The molecule has 6 nitrogen and oxygen atoms in total. The van der Waals surface area contributed by atoms with Gasteiger partial charge < -0.3 is 20.1 Å². The predicted octanol–water partition coefficient (Wildman–Crippen LogP) is 1.57. The second-order valence-electron chi connectivity index (χ2n) is 6.21. The van der Waals surface area contributed by atoms with E-state index in [0.717, 1.165) is 64.2 Å². The molecule has 1 aromatic carbocycles. The van der Waals surface area contributed by atoms with Crippen LogP contribution in [-0.2, 0) is 4.74 Å². The van der Waals surface area contributed by atoms with Gasteiger partial charge in [-0.2, -0.15) is 0 Å². The number of nitrogens with one attached hydrogen (secondary N) is 2. The molecular weight excluding hydrogens is 316 g/mol. The third-order valence-electron chi connectivity index (χ3n) is 4.18. The van der Waals surface area contributed by atoms with Crippen molar-refractivity contribution < 1.29 is 9.47 Å². The van der Waals surface area contributed by atoms with Crippen LogP contribution in [0.3, 0.4) is 0 Å². The van der Waals surface area contributed by atoms with E-state index in [9.17, 15) is 0 Å². The second kappa shape index (κ2) is 10.9. The van der Waals surface area contributed by atoms with Crippen LogP contribution in [0.4, 0.5) is 0 Å². The molecule has 0 bridgehead atoms. The molecular formula is C19H32N4O2. The number of para-hydroxylation sites is 1. The number of hydrogen-bond donors (Lipinski definition) is 2. The molecule has 0 saturated carbocycles. The number of ether oxygens (including phenoxy) is 2. The van der Waals surface area contributed by atoms with Gasteiger partial charge in [0.1, 0.15) is 12.4 Å². The molecule has 140 valence electrons. The molecule has 0 atom stereocenters. The summed E-state index contributed by atoms with van der Waals surface area (Å²) in [6, 6.07) is 6.21. The van der Waals surface area contributed by atoms with Gasteiger partial charge in [0, 0.05) is 26.2 Å². The van der Waals surface area contributed by atoms with Crippen molar-refractivity contribution in [2.75, 3.05) is 59.1 Å². The number of hydrogen-bond acceptors (Lipinski definition) is 4. The van der Waals surface area contributed by atoms with Crippen LogP contribution in [0.25, 0.3) is 0 Å². The Labute approximate surface area is 151 Å². The van der Waals surface area contributed by atoms with E-state index < -0.39 is 0 Å². The summed E-state index contributed by atoms with van der Waals surface area (Å²) in [7, 11) is 0. The van der Waals surface area contributed by atoms with Crippen LogP contribution in [0.1, 0.15) is 18.1 Å². The Morgan fingerprint density at radius 2 is 1.92 bits per heavy atom. The molecule has 1 aliphatic rings. The topological polar surface area (TPSA) is 58.1 Å². The van der Waals surface area contributed by atoms with Gasteiger partial charge in [-0.1, -0.05) is 18.2 Å². The third-order valence-corrected chi connectivity index (χ3v) is 4.18. The Kier molecular flexibility index (Phi) is 8.55. The number of nitrogens with zero attached hydrogens (tertiary/aromatic N) is 2. The first-order valence-electron chi connectivity index (χ1n) is 9.22. The molecule has 25 heavy (non-hydrogen) atoms. The van der Waals surface area contributed by atoms with Gasteiger partial charge in [0.25, 0.3) is 0 Å². The van der Waals surface area contributed by atoms with Crippen LogP contribution in [0.2, 0.25) is 0 Å². The predicted molar refractivity (Wildman–Crippen MR) is 103 cm³/mol. The Hall–Kier alpha value is -1.79. The van der Waals surface area contributed by atoms with Crippen molar-refractivity contribution in [3.05, 3.63) is 29.3 Å². The van der Waals surface area contributed by atoms with Crippen molar-refractivity contribution in [3.8, 4) is 5.75 Å². The summed E-state index contributed by atoms with van der Waals surface area (Å²) in [5, 5.41) is 6.62. The minimum Gasteiger partial charge on any atom is -0.491 e. The fourth-order valence-electron chi connectivity index (χ4n) is 2.82. The first-order valence-corrected chi connectivity index (χ1v) is 9.22. The number of aryl methyl sites for hydroxylation is 2. The van der Waals surface area contributed by atoms with Gasteiger partial charge >= 0.3 is 0 Å². The molecule has 0 radical (unpaired) electrons. The lowest BCUT2D eigenvalue weighted by Crippen LogP contribution is -2.41. The van der Waals surface area contributed by atoms with Crippen molar-refractivity contribution >= 4 is 5.96 Å². The van der Waals surface area contributed by atoms with Gasteiger partial charge in [-0.05, 0) is 31.9 Å². The maximum atomic E-state index is 5.93. The standard InChI is InChI=1S/C19H32N4O2/c1-4-20-19(21-8-10-23-11-14-24-15-12-23)22-9-13-25-18-16(2)6-5-7-17(18)3/h5-7H,4,8-15H2,1-3H3,(H2,20,21,22). The molecule has 0 aromatic heterocycles. The SMILES string of the molecule is CCNC(=NCCN1CCOCC1)NCCOc1c(C)cccc1C. The maximum absolute atomic E-state index is 5.93. The molecule has 0 unspecified atom stereocenters. The monoisotopic (exact) mass is 348 g/mol. The van der Waals surface area contributed by atoms with Gasteiger partial charge in [0.15, 0.2) is 5.96 Å². The second-order valence-corrected chi connectivity index (χ2v) is 6.21. The molecule has 1 fully saturated rings. The lowest BCUT2D eigenvalue weighted by atomic mass is 10.1. The average Bonchev–Trinajstić information content (AvgIpc) is 2.61. The zero-order valence-electron chi connectivity index (χ0n) is 15.8. The fraction of sp³-hybridized carbons (Fsp3) is 0.632. The van der Waals surface area contributed by atoms with E-state index in [1.807, 2.05) is 0 Å². The van der Waals surface area contributed by atoms with Gasteiger partial charge in [-0.25, -0.2) is 0 Å². The van der Waals surface area contributed by atoms with Gasteiger partial charge in [0.05, 0.1) is 26.3 Å². The van der Waals surface area contributed by atoms with Crippen LogP contribution in [0, 0.1) is 13.8 Å². The van der Waals surface area contributed by atoms with Crippen molar-refractivity contribution in [2.45, 2.75) is 20.8 Å². The van der Waals surface area contributed by atoms with Crippen LogP contribution < -0.4 is 15.4 Å². The summed E-state index contributed by atoms with van der Waals surface area (Å²) >= 11 is 0. The van der Waals surface area contributed by atoms with Crippen LogP contribution >= 0.6 is 0 Å². The molecule has 0 amide bonds. The average molecular weight is 348 g/mol. The molecule has 6 heteroatoms. The number of rotatable bonds is 8. The Morgan fingerprint density at radius 1 is 1.20 bits per heavy atom. The third kappa shape index (κ3) is 6.92. The Bertz CT molecular complexity index is 522. The first-order chi connectivity index (χ1) is 12.2. The molecule has 0 spiro atoms. The van der Waals surface area contributed by atoms with E-state index in [-0.39, 0.29) is 0 Å². The number of aliphatic imine (C=N–C) groups is 1. The van der Waals surface area contributed by atoms with E-state index in [1.54, 1.807) is 0 Å². The summed E-state index contributed by atoms with van der Waals surface area (Å²) in [5.74, 6) is 1.83. The first kappa shape index (κ1) is 19.5. The zero-order chi connectivity index (χ0) is 17.9. The highest BCUT2D eigenvalue weighted by molar-refractivity contribution is 5.79. The number of benzene rings is 1. The van der Waals surface area contributed by atoms with E-state index >= 15 is 0 Å². The maximum Gasteiger partial charge on any atom is 0.191 e. The summed E-state index contributed by atoms with van der Waals surface area (Å²) in [4.78, 5) is 7.03. The minimum atomic E-state index is 0.611. The largest absolute Gasteiger partial charge is 0.491 e. The van der Waals surface area contributed by atoms with Crippen molar-refractivity contribution in [2.24, 2.45) is 4.99 Å². The van der Waals surface area contributed by atoms with Crippen LogP contribution in [0.15, 0.2) is 23.2 Å². The van der Waals surface area contributed by atoms with Crippen LogP contribution in [-0.4, -0.2) is 69.9 Å². The van der Waals surface area contributed by atoms with Crippen LogP contribution in [0.5, 0.6) is 5.75 Å². The van der Waals surface area contributed by atoms with Gasteiger partial charge in [-0.3, -0.25) is 9.89 Å². The molecule has 0 aliphatic carbocycles. The molecule has 1 saturated heterocycles. The summed E-state index contributed by atoms with van der Waals surface area (Å²) in [5.41, 5.74) is 2.34. The normalized spacial score (nSPS) is 15.9. The molecule has 1 heterocycles. The summed E-state index contributed by atoms with van der Waals surface area (Å²) in [6.45, 7) is 13.8. The molecule has 1 aromatic rings. The highest BCUT2D eigenvalue weighted by Crippen LogP contribution is 2.21. The lowest BCUT2D eigenvalue weighted by molar-refractivity contribution is 0.0394. The minimum absolute atomic E-state index is 0.611. The number of morpholine rings is 1. The summed E-state index contributed by atoms with van der Waals surface area (Å²) < 4.78 is 11.3. The number of guanidine groups is 1. The molecule has 2 rings (SSSR count). The van der Waals surface area contributed by atoms with E-state index in [1.165, 1.54) is 11.1 Å². The van der Waals surface area contributed by atoms with Crippen molar-refractivity contribution in [1.82, 2.24) is 15.5 Å². The molecule has 1 aliphatic heterocycles. The summed E-state index contributed by atoms with van der Waals surface area (Å²) in [6.07, 6.45) is 0. The van der Waals surface area contributed by atoms with E-state index in [0.29, 0.717) is 6.61 Å². The Balaban J connectivity index is 1.72. The highest BCUT2D eigenvalue weighted by Gasteiger charge is 2.09. The fourth-order valence-corrected chi connectivity index (χ4v) is 2.82. The Morgan fingerprint density at radius 3 is 2.60 bits per heavy atom. The smallest absolute Gasteiger partial charge is 0.191 e. The highest BCUT2D eigenvalue weighted by atomic mass is 16.5. The van der Waals surface area contributed by atoms with Crippen molar-refractivity contribution in [1.29, 1.82) is 0 Å². The van der Waals surface area contributed by atoms with E-state index in [2.05, 4.69) is 59.5 Å². The zero-order valence-corrected chi connectivity index (χ0v) is 15.8.